The predicted octanol–water partition coefficient (Wildman–Crippen LogP) is 2.62. The molecule has 1 aromatic heterocycles. The topological polar surface area (TPSA) is 22.1 Å². The van der Waals surface area contributed by atoms with Crippen molar-refractivity contribution >= 4 is 31.9 Å². The minimum absolute atomic E-state index is 0.0297. The largest absolute Gasteiger partial charge is 0.481 e. The zero-order valence-electron chi connectivity index (χ0n) is 9.61. The van der Waals surface area contributed by atoms with E-state index < -0.39 is 7.04 Å². The molecule has 54 valence electrons. The zero-order valence-corrected chi connectivity index (χ0v) is 7.78. The van der Waals surface area contributed by atoms with Crippen LogP contribution in [0.3, 0.4) is 0 Å². The molecule has 1 aromatic rings. The van der Waals surface area contributed by atoms with Crippen molar-refractivity contribution in [2.45, 2.75) is 0 Å². The maximum atomic E-state index is 7.49. The lowest BCUT2D eigenvalue weighted by atomic mass is 10.5. The van der Waals surface area contributed by atoms with E-state index in [1.54, 1.807) is 0 Å². The van der Waals surface area contributed by atoms with Crippen LogP contribution in [0, 0.1) is 0 Å². The highest BCUT2D eigenvalue weighted by atomic mass is 79.9. The molecular formula is C6H5Br2NO. The number of pyridine rings is 1. The Morgan fingerprint density at radius 2 is 2.50 bits per heavy atom. The van der Waals surface area contributed by atoms with Crippen molar-refractivity contribution in [3.63, 3.8) is 0 Å². The van der Waals surface area contributed by atoms with Crippen molar-refractivity contribution in [2.75, 3.05) is 7.04 Å². The zero-order chi connectivity index (χ0) is 11.8. The molecule has 0 aromatic carbocycles. The van der Waals surface area contributed by atoms with E-state index in [4.69, 9.17) is 6.85 Å². The van der Waals surface area contributed by atoms with Gasteiger partial charge in [-0.15, -0.1) is 0 Å². The van der Waals surface area contributed by atoms with Gasteiger partial charge in [0.15, 0.2) is 0 Å². The Balaban J connectivity index is 3.21. The van der Waals surface area contributed by atoms with Crippen LogP contribution < -0.4 is 4.74 Å². The molecule has 0 radical (unpaired) electrons. The molecule has 0 saturated carbocycles. The summed E-state index contributed by atoms with van der Waals surface area (Å²) in [7, 11) is -2.66. The molecule has 0 fully saturated rings. The first kappa shape index (κ1) is 3.54. The molecule has 2 nitrogen and oxygen atoms in total. The number of methoxy groups -OCH3 is 1. The number of aromatic nitrogens is 1. The maximum absolute atomic E-state index is 7.49. The Bertz CT molecular complexity index is 394. The number of ether oxygens (including phenoxy) is 1. The molecule has 0 amide bonds. The van der Waals surface area contributed by atoms with Crippen LogP contribution in [0.2, 0.25) is 0 Å². The third-order valence-electron chi connectivity index (χ3n) is 0.726. The Morgan fingerprint density at radius 3 is 3.20 bits per heavy atom. The van der Waals surface area contributed by atoms with Gasteiger partial charge in [-0.1, -0.05) is 15.9 Å². The standard InChI is InChI=1S/C6H5Br2NO/c1-10-6-3-4(7)2-5(8)9-6/h2-3H,1H3/i1D3,2D,3D. The fourth-order valence-corrected chi connectivity index (χ4v) is 1.39. The molecular weight excluding hydrogens is 262 g/mol. The molecule has 1 rings (SSSR count). The Morgan fingerprint density at radius 1 is 1.70 bits per heavy atom. The van der Waals surface area contributed by atoms with E-state index in [0.717, 1.165) is 0 Å². The third-order valence-corrected chi connectivity index (χ3v) is 1.50. The van der Waals surface area contributed by atoms with E-state index in [1.165, 1.54) is 0 Å². The average molecular weight is 272 g/mol. The van der Waals surface area contributed by atoms with E-state index in [-0.39, 0.29) is 27.0 Å². The number of nitrogens with zero attached hydrogens (tertiary/aromatic N) is 1. The van der Waals surface area contributed by atoms with E-state index in [9.17, 15) is 0 Å². The van der Waals surface area contributed by atoms with Crippen LogP contribution in [-0.4, -0.2) is 12.0 Å². The molecule has 0 aliphatic heterocycles. The maximum Gasteiger partial charge on any atom is 0.215 e. The van der Waals surface area contributed by atoms with Crippen molar-refractivity contribution in [3.8, 4) is 5.88 Å². The van der Waals surface area contributed by atoms with Gasteiger partial charge in [-0.2, -0.15) is 0 Å². The first-order chi connectivity index (χ1) is 6.72. The summed E-state index contributed by atoms with van der Waals surface area (Å²) in [6.45, 7) is 0. The van der Waals surface area contributed by atoms with Gasteiger partial charge in [0.2, 0.25) is 5.88 Å². The van der Waals surface area contributed by atoms with Gasteiger partial charge < -0.3 is 4.74 Å². The Hall–Kier alpha value is -0.0900. The van der Waals surface area contributed by atoms with Crippen molar-refractivity contribution in [1.82, 2.24) is 4.98 Å². The fraction of sp³-hybridized carbons (Fsp3) is 0.167. The molecule has 0 N–H and O–H groups in total. The molecule has 0 aliphatic carbocycles. The van der Waals surface area contributed by atoms with Crippen LogP contribution in [0.15, 0.2) is 21.2 Å². The molecule has 0 unspecified atom stereocenters. The summed E-state index contributed by atoms with van der Waals surface area (Å²) < 4.78 is 40.3. The van der Waals surface area contributed by atoms with Crippen LogP contribution >= 0.6 is 31.9 Å². The highest BCUT2D eigenvalue weighted by molar-refractivity contribution is 9.11. The molecule has 0 spiro atoms. The highest BCUT2D eigenvalue weighted by Crippen LogP contribution is 2.20. The summed E-state index contributed by atoms with van der Waals surface area (Å²) in [5.41, 5.74) is 0. The molecule has 10 heavy (non-hydrogen) atoms. The predicted molar refractivity (Wildman–Crippen MR) is 46.2 cm³/mol. The first-order valence-electron chi connectivity index (χ1n) is 4.73. The monoisotopic (exact) mass is 270 g/mol. The van der Waals surface area contributed by atoms with E-state index in [2.05, 4.69) is 41.6 Å². The summed E-state index contributed by atoms with van der Waals surface area (Å²) in [6.07, 6.45) is 0. The SMILES string of the molecule is [2H]c1c(Br)nc(OC([2H])([2H])[2H])c([2H])c1Br. The van der Waals surface area contributed by atoms with Crippen molar-refractivity contribution < 1.29 is 11.6 Å². The lowest BCUT2D eigenvalue weighted by Crippen LogP contribution is -1.86. The Labute approximate surface area is 82.9 Å². The van der Waals surface area contributed by atoms with Crippen LogP contribution in [0.4, 0.5) is 0 Å². The van der Waals surface area contributed by atoms with Crippen LogP contribution in [0.5, 0.6) is 5.88 Å². The molecule has 0 atom stereocenters. The molecule has 4 heteroatoms. The summed E-state index contributed by atoms with van der Waals surface area (Å²) in [4.78, 5) is 3.65. The highest BCUT2D eigenvalue weighted by Gasteiger charge is 1.96. The van der Waals surface area contributed by atoms with Gasteiger partial charge in [0.1, 0.15) is 4.60 Å². The summed E-state index contributed by atoms with van der Waals surface area (Å²) in [5, 5.41) is 0. The van der Waals surface area contributed by atoms with Gasteiger partial charge in [0, 0.05) is 10.5 Å². The minimum Gasteiger partial charge on any atom is -0.481 e. The normalized spacial score (nSPS) is 18.0. The second kappa shape index (κ2) is 3.34. The second-order valence-corrected chi connectivity index (χ2v) is 2.92. The molecule has 1 heterocycles. The number of hydrogen-bond acceptors (Lipinski definition) is 2. The quantitative estimate of drug-likeness (QED) is 0.733. The fourth-order valence-electron chi connectivity index (χ4n) is 0.409. The van der Waals surface area contributed by atoms with Gasteiger partial charge in [0.25, 0.3) is 0 Å². The molecule has 0 bridgehead atoms. The molecule has 0 saturated heterocycles. The molecule has 0 aliphatic rings. The van der Waals surface area contributed by atoms with E-state index in [1.807, 2.05) is 0 Å². The minimum atomic E-state index is -2.66. The van der Waals surface area contributed by atoms with Gasteiger partial charge in [-0.05, 0) is 22.0 Å². The summed E-state index contributed by atoms with van der Waals surface area (Å²) in [5.74, 6) is -0.343. The summed E-state index contributed by atoms with van der Waals surface area (Å²) in [6, 6.07) is -0.294. The van der Waals surface area contributed by atoms with Gasteiger partial charge in [0.05, 0.1) is 13.9 Å². The summed E-state index contributed by atoms with van der Waals surface area (Å²) >= 11 is 5.94. The van der Waals surface area contributed by atoms with Crippen LogP contribution in [-0.2, 0) is 0 Å². The van der Waals surface area contributed by atoms with Crippen LogP contribution in [0.1, 0.15) is 6.85 Å². The van der Waals surface area contributed by atoms with E-state index >= 15 is 0 Å². The number of hydrogen-bond donors (Lipinski definition) is 0. The number of rotatable bonds is 1. The van der Waals surface area contributed by atoms with Crippen molar-refractivity contribution in [1.29, 1.82) is 0 Å². The lowest BCUT2D eigenvalue weighted by Gasteiger charge is -1.98. The average Bonchev–Trinajstić information content (AvgIpc) is 2.08. The smallest absolute Gasteiger partial charge is 0.215 e. The van der Waals surface area contributed by atoms with Gasteiger partial charge in [-0.25, -0.2) is 4.98 Å². The van der Waals surface area contributed by atoms with Gasteiger partial charge in [-0.3, -0.25) is 0 Å². The van der Waals surface area contributed by atoms with Crippen LogP contribution in [0.25, 0.3) is 0 Å². The van der Waals surface area contributed by atoms with Crippen molar-refractivity contribution in [2.24, 2.45) is 0 Å². The third kappa shape index (κ3) is 1.95. The van der Waals surface area contributed by atoms with Gasteiger partial charge >= 0.3 is 0 Å². The Kier molecular flexibility index (Phi) is 1.18. The number of halogens is 2. The van der Waals surface area contributed by atoms with E-state index in [0.29, 0.717) is 0 Å². The first-order valence-corrected chi connectivity index (χ1v) is 3.82. The second-order valence-electron chi connectivity index (χ2n) is 1.37. The lowest BCUT2D eigenvalue weighted by molar-refractivity contribution is 0.396. The van der Waals surface area contributed by atoms with Crippen molar-refractivity contribution in [3.05, 3.63) is 21.2 Å².